The minimum Gasteiger partial charge on any atom is -0.481 e. The monoisotopic (exact) mass is 922 g/mol. The number of aliphatic carboxylic acids is 1. The molecule has 2 N–H and O–H groups in total. The van der Waals surface area contributed by atoms with Crippen LogP contribution in [0.5, 0.6) is 0 Å². The molecule has 4 aromatic rings. The molecule has 4 saturated carbocycles. The van der Waals surface area contributed by atoms with E-state index in [2.05, 4.69) is 53.8 Å². The zero-order chi connectivity index (χ0) is 43.8. The molecule has 0 atom stereocenters. The van der Waals surface area contributed by atoms with E-state index in [4.69, 9.17) is 28.3 Å². The Kier molecular flexibility index (Phi) is 12.1. The van der Waals surface area contributed by atoms with Crippen molar-refractivity contribution in [2.45, 2.75) is 62.7 Å². The van der Waals surface area contributed by atoms with Gasteiger partial charge in [0.15, 0.2) is 0 Å². The van der Waals surface area contributed by atoms with E-state index >= 15 is 0 Å². The number of hydrogen-bond acceptors (Lipinski definition) is 5. The van der Waals surface area contributed by atoms with Gasteiger partial charge in [-0.2, -0.15) is 26.3 Å². The first-order chi connectivity index (χ1) is 28.8. The molecular formula is C46H47Cl3F6N4O3. The number of rotatable bonds is 6. The highest BCUT2D eigenvalue weighted by molar-refractivity contribution is 6.31. The molecule has 2 saturated heterocycles. The Balaban J connectivity index is 0.000000153. The van der Waals surface area contributed by atoms with Crippen molar-refractivity contribution >= 4 is 58.9 Å². The number of nitrogens with one attached hydrogen (secondary N) is 1. The smallest absolute Gasteiger partial charge is 0.418 e. The Hall–Kier alpha value is -4.17. The van der Waals surface area contributed by atoms with Crippen molar-refractivity contribution in [3.05, 3.63) is 128 Å². The van der Waals surface area contributed by atoms with Crippen LogP contribution >= 0.6 is 35.6 Å². The summed E-state index contributed by atoms with van der Waals surface area (Å²) in [6.07, 6.45) is -5.33. The van der Waals surface area contributed by atoms with Crippen LogP contribution in [0.25, 0.3) is 0 Å². The second-order valence-electron chi connectivity index (χ2n) is 17.4. The van der Waals surface area contributed by atoms with Crippen molar-refractivity contribution in [1.29, 1.82) is 0 Å². The topological polar surface area (TPSA) is 76.1 Å². The van der Waals surface area contributed by atoms with E-state index in [9.17, 15) is 35.9 Å². The SMILES string of the molecule is Cc1ccc(C23CC2(C(=O)N2CCN(c4cc(Cl)ccc4C(F)(F)F)CC2)C3)cc1.Cc1ccc(C23CC2(C(=O)O)C3)cc1.Cl.FC(F)(F)c1ccc(Cl)cc1N1CCNCC1. The number of benzene rings is 4. The maximum atomic E-state index is 13.4. The number of fused-ring (bicyclic) bond motifs is 2. The summed E-state index contributed by atoms with van der Waals surface area (Å²) in [7, 11) is 0. The van der Waals surface area contributed by atoms with Crippen LogP contribution in [0.15, 0.2) is 84.9 Å². The Labute approximate surface area is 372 Å². The lowest BCUT2D eigenvalue weighted by Crippen LogP contribution is -2.50. The normalized spacial score (nSPS) is 26.6. The van der Waals surface area contributed by atoms with Crippen molar-refractivity contribution in [2.24, 2.45) is 10.8 Å². The summed E-state index contributed by atoms with van der Waals surface area (Å²) >= 11 is 11.7. The van der Waals surface area contributed by atoms with Gasteiger partial charge in [0, 0.05) is 73.2 Å². The van der Waals surface area contributed by atoms with Gasteiger partial charge in [-0.3, -0.25) is 9.59 Å². The van der Waals surface area contributed by atoms with E-state index < -0.39 is 29.4 Å². The number of amides is 1. The third-order valence-electron chi connectivity index (χ3n) is 13.7. The fourth-order valence-electron chi connectivity index (χ4n) is 9.57. The fourth-order valence-corrected chi connectivity index (χ4v) is 9.90. The molecule has 10 rings (SSSR count). The highest BCUT2D eigenvalue weighted by Crippen LogP contribution is 2.87. The van der Waals surface area contributed by atoms with Crippen molar-refractivity contribution in [2.75, 3.05) is 62.2 Å². The van der Waals surface area contributed by atoms with Gasteiger partial charge in [0.2, 0.25) is 5.91 Å². The number of carbonyl (C=O) groups is 2. The van der Waals surface area contributed by atoms with Gasteiger partial charge in [-0.05, 0) is 87.1 Å². The number of hydrogen-bond donors (Lipinski definition) is 2. The average molecular weight is 924 g/mol. The number of anilines is 2. The van der Waals surface area contributed by atoms with Gasteiger partial charge in [-0.15, -0.1) is 12.4 Å². The summed E-state index contributed by atoms with van der Waals surface area (Å²) in [5.41, 5.74) is 3.18. The lowest BCUT2D eigenvalue weighted by atomic mass is 10.0. The van der Waals surface area contributed by atoms with Crippen LogP contribution < -0.4 is 15.1 Å². The van der Waals surface area contributed by atoms with Crippen molar-refractivity contribution in [3.63, 3.8) is 0 Å². The Morgan fingerprint density at radius 2 is 0.984 bits per heavy atom. The van der Waals surface area contributed by atoms with E-state index in [1.807, 2.05) is 18.7 Å². The quantitative estimate of drug-likeness (QED) is 0.188. The molecule has 62 heavy (non-hydrogen) atoms. The molecule has 16 heteroatoms. The molecule has 6 fully saturated rings. The van der Waals surface area contributed by atoms with Crippen LogP contribution in [0, 0.1) is 24.7 Å². The second-order valence-corrected chi connectivity index (χ2v) is 18.3. The lowest BCUT2D eigenvalue weighted by molar-refractivity contribution is -0.141. The minimum absolute atomic E-state index is 0. The summed E-state index contributed by atoms with van der Waals surface area (Å²) < 4.78 is 78.8. The second kappa shape index (κ2) is 16.4. The molecule has 0 spiro atoms. The van der Waals surface area contributed by atoms with Gasteiger partial charge in [0.05, 0.1) is 33.3 Å². The maximum Gasteiger partial charge on any atom is 0.418 e. The number of piperazine rings is 2. The molecule has 7 nitrogen and oxygen atoms in total. The number of aryl methyl sites for hydroxylation is 2. The number of carboxylic acids is 1. The zero-order valence-electron chi connectivity index (χ0n) is 34.1. The maximum absolute atomic E-state index is 13.4. The third kappa shape index (κ3) is 8.34. The van der Waals surface area contributed by atoms with Crippen molar-refractivity contribution in [3.8, 4) is 0 Å². The number of halogens is 9. The van der Waals surface area contributed by atoms with Crippen LogP contribution in [0.3, 0.4) is 0 Å². The molecular weight excluding hydrogens is 877 g/mol. The Morgan fingerprint density at radius 1 is 0.597 bits per heavy atom. The Bertz CT molecular complexity index is 2310. The van der Waals surface area contributed by atoms with Gasteiger partial charge >= 0.3 is 18.3 Å². The molecule has 1 amide bonds. The van der Waals surface area contributed by atoms with Gasteiger partial charge in [0.25, 0.3) is 0 Å². The molecule has 2 heterocycles. The Morgan fingerprint density at radius 3 is 1.37 bits per heavy atom. The van der Waals surface area contributed by atoms with Crippen LogP contribution in [0.1, 0.15) is 59.1 Å². The third-order valence-corrected chi connectivity index (χ3v) is 14.1. The number of carbonyl (C=O) groups excluding carboxylic acids is 1. The molecule has 4 aromatic carbocycles. The molecule has 0 bridgehead atoms. The highest BCUT2D eigenvalue weighted by atomic mass is 35.5. The van der Waals surface area contributed by atoms with Gasteiger partial charge in [-0.25, -0.2) is 0 Å². The number of alkyl halides is 6. The minimum atomic E-state index is -4.44. The van der Waals surface area contributed by atoms with Crippen LogP contribution in [-0.4, -0.2) is 74.2 Å². The van der Waals surface area contributed by atoms with Crippen LogP contribution in [0.4, 0.5) is 37.7 Å². The van der Waals surface area contributed by atoms with Crippen molar-refractivity contribution < 1.29 is 41.0 Å². The van der Waals surface area contributed by atoms with E-state index in [0.717, 1.165) is 37.8 Å². The molecule has 6 aliphatic rings. The summed E-state index contributed by atoms with van der Waals surface area (Å²) in [6.45, 7) is 8.16. The van der Waals surface area contributed by atoms with Gasteiger partial charge < -0.3 is 25.1 Å². The highest BCUT2D eigenvalue weighted by Gasteiger charge is 2.88. The molecule has 2 aliphatic heterocycles. The summed E-state index contributed by atoms with van der Waals surface area (Å²) in [4.78, 5) is 29.4. The van der Waals surface area contributed by atoms with Gasteiger partial charge in [-0.1, -0.05) is 82.9 Å². The number of nitrogens with zero attached hydrogens (tertiary/aromatic N) is 3. The van der Waals surface area contributed by atoms with E-state index in [1.54, 1.807) is 9.80 Å². The molecule has 0 radical (unpaired) electrons. The summed E-state index contributed by atoms with van der Waals surface area (Å²) in [6, 6.07) is 24.0. The predicted octanol–water partition coefficient (Wildman–Crippen LogP) is 10.3. The van der Waals surface area contributed by atoms with E-state index in [1.165, 1.54) is 46.5 Å². The van der Waals surface area contributed by atoms with Crippen LogP contribution in [-0.2, 0) is 32.8 Å². The first-order valence-electron chi connectivity index (χ1n) is 20.4. The van der Waals surface area contributed by atoms with E-state index in [-0.39, 0.29) is 56.4 Å². The molecule has 0 aromatic heterocycles. The molecule has 4 aliphatic carbocycles. The van der Waals surface area contributed by atoms with Gasteiger partial charge in [0.1, 0.15) is 0 Å². The van der Waals surface area contributed by atoms with Crippen LogP contribution in [0.2, 0.25) is 10.0 Å². The number of carboxylic acid groups (broad SMARTS) is 1. The average Bonchev–Trinajstić information content (AvgIpc) is 4.13. The largest absolute Gasteiger partial charge is 0.481 e. The lowest BCUT2D eigenvalue weighted by Gasteiger charge is -2.37. The first-order valence-corrected chi connectivity index (χ1v) is 21.1. The first kappa shape index (κ1) is 45.8. The summed E-state index contributed by atoms with van der Waals surface area (Å²) in [5.74, 6) is -0.456. The standard InChI is InChI=1S/C23H22ClF3N2O.C12H12O2.C11H12ClF3N2.ClH/c1-15-2-4-16(5-3-15)21-13-22(21,14-21)20(30)29-10-8-28(9-11-29)19-12-17(24)6-7-18(19)23(25,26)27;1-8-2-4-9(5-3-8)11-6-12(11,7-11)10(13)14;12-8-1-2-9(11(13,14)15)10(7-8)17-5-3-16-4-6-17;/h2-7,12H,8-11,13-14H2,1H3;2-5H,6-7H2,1H3,(H,13,14);1-2,7,16H,3-6H2;1H. The molecule has 332 valence electrons. The fraction of sp³-hybridized carbons (Fsp3) is 0.435. The van der Waals surface area contributed by atoms with Crippen molar-refractivity contribution in [1.82, 2.24) is 10.2 Å². The summed E-state index contributed by atoms with van der Waals surface area (Å²) in [5, 5.41) is 12.7. The molecule has 0 unspecified atom stereocenters. The predicted molar refractivity (Wildman–Crippen MR) is 231 cm³/mol. The zero-order valence-corrected chi connectivity index (χ0v) is 36.4. The van der Waals surface area contributed by atoms with E-state index in [0.29, 0.717) is 57.4 Å².